The number of halogens is 1. The fourth-order valence-electron chi connectivity index (χ4n) is 0.935. The van der Waals surface area contributed by atoms with Gasteiger partial charge in [-0.25, -0.2) is 0 Å². The van der Waals surface area contributed by atoms with Gasteiger partial charge in [0.05, 0.1) is 5.56 Å². The van der Waals surface area contributed by atoms with E-state index in [0.29, 0.717) is 5.56 Å². The van der Waals surface area contributed by atoms with Crippen LogP contribution in [0.1, 0.15) is 12.5 Å². The summed E-state index contributed by atoms with van der Waals surface area (Å²) >= 11 is 5.59. The number of oxime groups is 1. The molecular weight excluding hydrogens is 206 g/mol. The maximum absolute atomic E-state index is 10.7. The van der Waals surface area contributed by atoms with Crippen molar-refractivity contribution in [3.63, 3.8) is 0 Å². The summed E-state index contributed by atoms with van der Waals surface area (Å²) in [6.45, 7) is 1.28. The van der Waals surface area contributed by atoms with E-state index in [1.807, 2.05) is 0 Å². The molecule has 0 aromatic heterocycles. The number of para-hydroxylation sites is 1. The number of esters is 1. The minimum absolute atomic E-state index is 0.123. The zero-order chi connectivity index (χ0) is 10.6. The van der Waals surface area contributed by atoms with Crippen LogP contribution in [0.4, 0.5) is 0 Å². The molecule has 0 fully saturated rings. The maximum Gasteiger partial charge on any atom is 0.308 e. The van der Waals surface area contributed by atoms with Crippen LogP contribution in [0.3, 0.4) is 0 Å². The van der Waals surface area contributed by atoms with Crippen LogP contribution in [-0.4, -0.2) is 16.3 Å². The summed E-state index contributed by atoms with van der Waals surface area (Å²) in [6.07, 6.45) is 0. The van der Waals surface area contributed by atoms with Crippen LogP contribution in [0.25, 0.3) is 0 Å². The van der Waals surface area contributed by atoms with Gasteiger partial charge >= 0.3 is 5.97 Å². The highest BCUT2D eigenvalue weighted by Gasteiger charge is 2.09. The molecule has 1 aromatic rings. The average molecular weight is 214 g/mol. The molecule has 14 heavy (non-hydrogen) atoms. The minimum atomic E-state index is -0.458. The van der Waals surface area contributed by atoms with Gasteiger partial charge in [0.15, 0.2) is 5.17 Å². The van der Waals surface area contributed by atoms with Crippen molar-refractivity contribution in [2.45, 2.75) is 6.92 Å². The second-order valence-corrected chi connectivity index (χ2v) is 2.84. The first-order valence-electron chi connectivity index (χ1n) is 3.80. The van der Waals surface area contributed by atoms with Crippen molar-refractivity contribution in [2.24, 2.45) is 5.16 Å². The van der Waals surface area contributed by atoms with Crippen molar-refractivity contribution >= 4 is 22.7 Å². The largest absolute Gasteiger partial charge is 0.426 e. The Morgan fingerprint density at radius 2 is 2.14 bits per heavy atom. The first-order chi connectivity index (χ1) is 6.65. The first-order valence-corrected chi connectivity index (χ1v) is 4.18. The summed E-state index contributed by atoms with van der Waals surface area (Å²) in [5.41, 5.74) is 0.367. The van der Waals surface area contributed by atoms with Gasteiger partial charge in [0.25, 0.3) is 0 Å². The van der Waals surface area contributed by atoms with Crippen molar-refractivity contribution in [3.8, 4) is 5.75 Å². The summed E-state index contributed by atoms with van der Waals surface area (Å²) in [6, 6.07) is 6.52. The Kier molecular flexibility index (Phi) is 3.48. The van der Waals surface area contributed by atoms with E-state index in [-0.39, 0.29) is 10.9 Å². The number of ether oxygens (including phenoxy) is 1. The molecule has 0 aliphatic heterocycles. The van der Waals surface area contributed by atoms with E-state index in [9.17, 15) is 4.79 Å². The van der Waals surface area contributed by atoms with E-state index in [1.54, 1.807) is 24.3 Å². The van der Waals surface area contributed by atoms with Crippen LogP contribution in [0.2, 0.25) is 0 Å². The fourth-order valence-corrected chi connectivity index (χ4v) is 1.09. The van der Waals surface area contributed by atoms with Gasteiger partial charge < -0.3 is 9.94 Å². The predicted octanol–water partition coefficient (Wildman–Crippen LogP) is 1.99. The molecule has 1 aromatic carbocycles. The van der Waals surface area contributed by atoms with Crippen LogP contribution in [-0.2, 0) is 4.79 Å². The lowest BCUT2D eigenvalue weighted by atomic mass is 10.2. The molecule has 0 radical (unpaired) electrons. The van der Waals surface area contributed by atoms with Crippen LogP contribution in [0.15, 0.2) is 29.4 Å². The molecule has 0 aliphatic carbocycles. The van der Waals surface area contributed by atoms with Gasteiger partial charge in [0, 0.05) is 6.92 Å². The van der Waals surface area contributed by atoms with Gasteiger partial charge in [-0.1, -0.05) is 28.9 Å². The van der Waals surface area contributed by atoms with Crippen molar-refractivity contribution in [1.82, 2.24) is 0 Å². The summed E-state index contributed by atoms with van der Waals surface area (Å²) in [4.78, 5) is 10.7. The highest BCUT2D eigenvalue weighted by molar-refractivity contribution is 6.69. The molecule has 0 aliphatic rings. The van der Waals surface area contributed by atoms with Gasteiger partial charge in [0.2, 0.25) is 0 Å². The second kappa shape index (κ2) is 4.62. The third kappa shape index (κ3) is 2.47. The Bertz CT molecular complexity index is 376. The SMILES string of the molecule is CC(=O)Oc1ccccc1C(Cl)=NO. The molecule has 0 bridgehead atoms. The Hall–Kier alpha value is -1.55. The number of rotatable bonds is 2. The second-order valence-electron chi connectivity index (χ2n) is 2.48. The van der Waals surface area contributed by atoms with Crippen molar-refractivity contribution in [3.05, 3.63) is 29.8 Å². The van der Waals surface area contributed by atoms with E-state index in [0.717, 1.165) is 0 Å². The molecule has 1 N–H and O–H groups in total. The first kappa shape index (κ1) is 10.5. The van der Waals surface area contributed by atoms with Crippen LogP contribution < -0.4 is 4.74 Å². The van der Waals surface area contributed by atoms with E-state index >= 15 is 0 Å². The molecular formula is C9H8ClNO3. The van der Waals surface area contributed by atoms with Crippen molar-refractivity contribution in [2.75, 3.05) is 0 Å². The molecule has 0 spiro atoms. The average Bonchev–Trinajstić information content (AvgIpc) is 2.16. The Morgan fingerprint density at radius 3 is 2.71 bits per heavy atom. The van der Waals surface area contributed by atoms with Gasteiger partial charge in [-0.2, -0.15) is 0 Å². The van der Waals surface area contributed by atoms with Crippen LogP contribution >= 0.6 is 11.6 Å². The Labute approximate surface area is 85.7 Å². The predicted molar refractivity (Wildman–Crippen MR) is 51.9 cm³/mol. The smallest absolute Gasteiger partial charge is 0.308 e. The van der Waals surface area contributed by atoms with Gasteiger partial charge in [-0.05, 0) is 12.1 Å². The molecule has 5 heteroatoms. The number of hydrogen-bond acceptors (Lipinski definition) is 4. The molecule has 74 valence electrons. The monoisotopic (exact) mass is 213 g/mol. The number of nitrogens with zero attached hydrogens (tertiary/aromatic N) is 1. The van der Waals surface area contributed by atoms with Crippen molar-refractivity contribution < 1.29 is 14.7 Å². The molecule has 0 saturated heterocycles. The quantitative estimate of drug-likeness (QED) is 0.269. The van der Waals surface area contributed by atoms with E-state index in [1.165, 1.54) is 6.92 Å². The molecule has 0 saturated carbocycles. The summed E-state index contributed by atoms with van der Waals surface area (Å²) in [5.74, 6) is -0.192. The zero-order valence-corrected chi connectivity index (χ0v) is 8.15. The standard InChI is InChI=1S/C9H8ClNO3/c1-6(12)14-8-5-3-2-4-7(8)9(10)11-13/h2-5,13H,1H3. The van der Waals surface area contributed by atoms with E-state index in [2.05, 4.69) is 5.16 Å². The molecule has 0 amide bonds. The Balaban J connectivity index is 3.09. The van der Waals surface area contributed by atoms with Crippen LogP contribution in [0.5, 0.6) is 5.75 Å². The zero-order valence-electron chi connectivity index (χ0n) is 7.40. The highest BCUT2D eigenvalue weighted by atomic mass is 35.5. The third-order valence-corrected chi connectivity index (χ3v) is 1.73. The van der Waals surface area contributed by atoms with Crippen LogP contribution in [0, 0.1) is 0 Å². The minimum Gasteiger partial charge on any atom is -0.426 e. The lowest BCUT2D eigenvalue weighted by Gasteiger charge is -2.05. The lowest BCUT2D eigenvalue weighted by Crippen LogP contribution is -2.05. The third-order valence-electron chi connectivity index (χ3n) is 1.45. The van der Waals surface area contributed by atoms with Gasteiger partial charge in [0.1, 0.15) is 5.75 Å². The van der Waals surface area contributed by atoms with Gasteiger partial charge in [-0.15, -0.1) is 0 Å². The number of hydrogen-bond donors (Lipinski definition) is 1. The molecule has 0 atom stereocenters. The van der Waals surface area contributed by atoms with Gasteiger partial charge in [-0.3, -0.25) is 4.79 Å². The fraction of sp³-hybridized carbons (Fsp3) is 0.111. The summed E-state index contributed by atoms with van der Waals surface area (Å²) < 4.78 is 4.85. The number of carbonyl (C=O) groups excluding carboxylic acids is 1. The molecule has 4 nitrogen and oxygen atoms in total. The highest BCUT2D eigenvalue weighted by Crippen LogP contribution is 2.20. The lowest BCUT2D eigenvalue weighted by molar-refractivity contribution is -0.131. The topological polar surface area (TPSA) is 58.9 Å². The number of carbonyl (C=O) groups is 1. The normalized spacial score (nSPS) is 11.1. The number of benzene rings is 1. The molecule has 0 unspecified atom stereocenters. The summed E-state index contributed by atoms with van der Waals surface area (Å²) in [7, 11) is 0. The van der Waals surface area contributed by atoms with Crippen molar-refractivity contribution in [1.29, 1.82) is 0 Å². The Morgan fingerprint density at radius 1 is 1.50 bits per heavy atom. The van der Waals surface area contributed by atoms with E-state index in [4.69, 9.17) is 21.5 Å². The van der Waals surface area contributed by atoms with E-state index < -0.39 is 5.97 Å². The summed E-state index contributed by atoms with van der Waals surface area (Å²) in [5, 5.41) is 11.2. The maximum atomic E-state index is 10.7. The molecule has 1 rings (SSSR count). The molecule has 0 heterocycles.